The minimum Gasteiger partial charge on any atom is -0.376 e. The second-order valence-corrected chi connectivity index (χ2v) is 5.58. The van der Waals surface area contributed by atoms with Crippen molar-refractivity contribution in [2.24, 2.45) is 5.41 Å². The number of nitrogens with one attached hydrogen (secondary N) is 1. The largest absolute Gasteiger partial charge is 0.376 e. The number of hydrogen-bond acceptors (Lipinski definition) is 4. The van der Waals surface area contributed by atoms with Gasteiger partial charge in [0.1, 0.15) is 11.9 Å². The number of pyridine rings is 1. The first-order chi connectivity index (χ1) is 8.50. The van der Waals surface area contributed by atoms with Crippen LogP contribution in [-0.4, -0.2) is 15.9 Å². The summed E-state index contributed by atoms with van der Waals surface area (Å²) in [4.78, 5) is 14.4. The summed E-state index contributed by atoms with van der Waals surface area (Å²) in [6.45, 7) is 4.44. The van der Waals surface area contributed by atoms with Crippen molar-refractivity contribution >= 4 is 11.4 Å². The van der Waals surface area contributed by atoms with Crippen LogP contribution in [0, 0.1) is 15.5 Å². The smallest absolute Gasteiger partial charge is 0.310 e. The Labute approximate surface area is 107 Å². The fourth-order valence-corrected chi connectivity index (χ4v) is 2.60. The normalized spacial score (nSPS) is 22.4. The van der Waals surface area contributed by atoms with Crippen LogP contribution in [0.1, 0.15) is 39.5 Å². The van der Waals surface area contributed by atoms with Gasteiger partial charge >= 0.3 is 5.69 Å². The van der Waals surface area contributed by atoms with Crippen LogP contribution in [0.25, 0.3) is 0 Å². The first-order valence-electron chi connectivity index (χ1n) is 6.35. The molecule has 5 nitrogen and oxygen atoms in total. The molecular formula is C13H19N3O2. The average molecular weight is 249 g/mol. The van der Waals surface area contributed by atoms with E-state index in [2.05, 4.69) is 24.1 Å². The van der Waals surface area contributed by atoms with Gasteiger partial charge in [-0.3, -0.25) is 15.1 Å². The topological polar surface area (TPSA) is 68.1 Å². The SMILES string of the molecule is CC1(C)CCCCC1Nc1ccncc1[N+](=O)[O-]. The minimum atomic E-state index is -0.384. The van der Waals surface area contributed by atoms with Crippen molar-refractivity contribution in [1.29, 1.82) is 0 Å². The lowest BCUT2D eigenvalue weighted by molar-refractivity contribution is -0.384. The lowest BCUT2D eigenvalue weighted by Crippen LogP contribution is -2.39. The van der Waals surface area contributed by atoms with E-state index >= 15 is 0 Å². The number of anilines is 1. The van der Waals surface area contributed by atoms with E-state index in [1.807, 2.05) is 0 Å². The molecule has 0 aliphatic heterocycles. The molecule has 1 atom stereocenters. The molecule has 1 unspecified atom stereocenters. The highest BCUT2D eigenvalue weighted by atomic mass is 16.6. The molecule has 1 aliphatic carbocycles. The number of nitrogens with zero attached hydrogens (tertiary/aromatic N) is 2. The Morgan fingerprint density at radius 1 is 1.50 bits per heavy atom. The van der Waals surface area contributed by atoms with Gasteiger partial charge < -0.3 is 5.32 Å². The molecule has 1 fully saturated rings. The highest BCUT2D eigenvalue weighted by Gasteiger charge is 2.33. The predicted molar refractivity (Wildman–Crippen MR) is 70.6 cm³/mol. The van der Waals surface area contributed by atoms with Gasteiger partial charge in [0.25, 0.3) is 0 Å². The molecule has 5 heteroatoms. The lowest BCUT2D eigenvalue weighted by atomic mass is 9.73. The third-order valence-electron chi connectivity index (χ3n) is 3.83. The van der Waals surface area contributed by atoms with Gasteiger partial charge in [-0.05, 0) is 24.3 Å². The Kier molecular flexibility index (Phi) is 3.50. The van der Waals surface area contributed by atoms with Crippen LogP contribution in [-0.2, 0) is 0 Å². The van der Waals surface area contributed by atoms with E-state index in [9.17, 15) is 10.1 Å². The first kappa shape index (κ1) is 12.8. The quantitative estimate of drug-likeness (QED) is 0.658. The molecule has 1 saturated carbocycles. The van der Waals surface area contributed by atoms with E-state index in [4.69, 9.17) is 0 Å². The summed E-state index contributed by atoms with van der Waals surface area (Å²) in [6.07, 6.45) is 7.53. The van der Waals surface area contributed by atoms with Crippen molar-refractivity contribution in [3.8, 4) is 0 Å². The van der Waals surface area contributed by atoms with Crippen molar-refractivity contribution in [3.63, 3.8) is 0 Å². The molecule has 0 saturated heterocycles. The Morgan fingerprint density at radius 2 is 2.28 bits per heavy atom. The summed E-state index contributed by atoms with van der Waals surface area (Å²) in [7, 11) is 0. The monoisotopic (exact) mass is 249 g/mol. The van der Waals surface area contributed by atoms with Crippen LogP contribution in [0.3, 0.4) is 0 Å². The Hall–Kier alpha value is -1.65. The molecule has 0 amide bonds. The van der Waals surface area contributed by atoms with E-state index in [-0.39, 0.29) is 22.1 Å². The highest BCUT2D eigenvalue weighted by molar-refractivity contribution is 5.60. The molecule has 0 aromatic carbocycles. The second-order valence-electron chi connectivity index (χ2n) is 5.58. The Bertz CT molecular complexity index is 446. The van der Waals surface area contributed by atoms with Crippen LogP contribution in [0.15, 0.2) is 18.5 Å². The van der Waals surface area contributed by atoms with Gasteiger partial charge in [-0.15, -0.1) is 0 Å². The summed E-state index contributed by atoms with van der Waals surface area (Å²) < 4.78 is 0. The maximum absolute atomic E-state index is 11.0. The number of aromatic nitrogens is 1. The van der Waals surface area contributed by atoms with E-state index in [0.717, 1.165) is 12.8 Å². The van der Waals surface area contributed by atoms with E-state index in [1.54, 1.807) is 12.3 Å². The molecule has 1 N–H and O–H groups in total. The van der Waals surface area contributed by atoms with Crippen molar-refractivity contribution < 1.29 is 4.92 Å². The summed E-state index contributed by atoms with van der Waals surface area (Å²) >= 11 is 0. The molecule has 1 aromatic rings. The summed E-state index contributed by atoms with van der Waals surface area (Å²) in [5.41, 5.74) is 0.809. The average Bonchev–Trinajstić information content (AvgIpc) is 2.32. The van der Waals surface area contributed by atoms with Crippen molar-refractivity contribution in [2.75, 3.05) is 5.32 Å². The molecule has 18 heavy (non-hydrogen) atoms. The van der Waals surface area contributed by atoms with Gasteiger partial charge in [0.15, 0.2) is 0 Å². The molecule has 0 bridgehead atoms. The fraction of sp³-hybridized carbons (Fsp3) is 0.615. The number of nitro groups is 1. The highest BCUT2D eigenvalue weighted by Crippen LogP contribution is 2.38. The van der Waals surface area contributed by atoms with Gasteiger partial charge in [0.05, 0.1) is 4.92 Å². The van der Waals surface area contributed by atoms with Gasteiger partial charge in [-0.25, -0.2) is 0 Å². The zero-order valence-corrected chi connectivity index (χ0v) is 10.8. The molecule has 1 heterocycles. The van der Waals surface area contributed by atoms with Crippen LogP contribution in [0.4, 0.5) is 11.4 Å². The Morgan fingerprint density at radius 3 is 2.94 bits per heavy atom. The van der Waals surface area contributed by atoms with Crippen LogP contribution < -0.4 is 5.32 Å². The predicted octanol–water partition coefficient (Wildman–Crippen LogP) is 3.37. The molecule has 0 radical (unpaired) electrons. The van der Waals surface area contributed by atoms with Crippen LogP contribution in [0.5, 0.6) is 0 Å². The lowest BCUT2D eigenvalue weighted by Gasteiger charge is -2.39. The van der Waals surface area contributed by atoms with Crippen LogP contribution >= 0.6 is 0 Å². The van der Waals surface area contributed by atoms with Gasteiger partial charge in [0, 0.05) is 12.2 Å². The van der Waals surface area contributed by atoms with Gasteiger partial charge in [-0.1, -0.05) is 26.7 Å². The third kappa shape index (κ3) is 2.60. The third-order valence-corrected chi connectivity index (χ3v) is 3.83. The molecular weight excluding hydrogens is 230 g/mol. The van der Waals surface area contributed by atoms with Gasteiger partial charge in [-0.2, -0.15) is 0 Å². The number of rotatable bonds is 3. The maximum atomic E-state index is 11.0. The standard InChI is InChI=1S/C13H19N3O2/c1-13(2)7-4-3-5-12(13)15-10-6-8-14-9-11(10)16(17)18/h6,8-9,12H,3-5,7H2,1-2H3,(H,14,15). The zero-order valence-electron chi connectivity index (χ0n) is 10.8. The van der Waals surface area contributed by atoms with Crippen molar-refractivity contribution in [3.05, 3.63) is 28.6 Å². The van der Waals surface area contributed by atoms with Gasteiger partial charge in [0.2, 0.25) is 0 Å². The van der Waals surface area contributed by atoms with E-state index in [1.165, 1.54) is 19.0 Å². The second kappa shape index (κ2) is 4.92. The fourth-order valence-electron chi connectivity index (χ4n) is 2.60. The van der Waals surface area contributed by atoms with Crippen molar-refractivity contribution in [1.82, 2.24) is 4.98 Å². The maximum Gasteiger partial charge on any atom is 0.310 e. The zero-order chi connectivity index (χ0) is 13.2. The summed E-state index contributed by atoms with van der Waals surface area (Å²) in [5.74, 6) is 0. The molecule has 0 spiro atoms. The van der Waals surface area contributed by atoms with E-state index in [0.29, 0.717) is 5.69 Å². The molecule has 1 aromatic heterocycles. The molecule has 2 rings (SSSR count). The van der Waals surface area contributed by atoms with Crippen molar-refractivity contribution in [2.45, 2.75) is 45.6 Å². The summed E-state index contributed by atoms with van der Waals surface area (Å²) in [5, 5.41) is 14.3. The molecule has 1 aliphatic rings. The van der Waals surface area contributed by atoms with Crippen LogP contribution in [0.2, 0.25) is 0 Å². The summed E-state index contributed by atoms with van der Waals surface area (Å²) in [6, 6.07) is 1.97. The Balaban J connectivity index is 2.21. The van der Waals surface area contributed by atoms with E-state index < -0.39 is 0 Å². The number of hydrogen-bond donors (Lipinski definition) is 1. The minimum absolute atomic E-state index is 0.0545. The first-order valence-corrected chi connectivity index (χ1v) is 6.35. The molecule has 98 valence electrons.